The lowest BCUT2D eigenvalue weighted by Gasteiger charge is -2.05. The summed E-state index contributed by atoms with van der Waals surface area (Å²) >= 11 is 0. The van der Waals surface area contributed by atoms with Crippen molar-refractivity contribution < 1.29 is 9.84 Å². The zero-order valence-corrected chi connectivity index (χ0v) is 6.66. The molecule has 3 heteroatoms. The molecule has 0 amide bonds. The third-order valence-electron chi connectivity index (χ3n) is 1.85. The normalized spacial score (nSPS) is 21.6. The van der Waals surface area contributed by atoms with Crippen LogP contribution in [0.15, 0.2) is 24.3 Å². The molecule has 0 bridgehead atoms. The molecule has 3 nitrogen and oxygen atoms in total. The minimum atomic E-state index is -0.419. The van der Waals surface area contributed by atoms with Gasteiger partial charge in [-0.15, -0.1) is 0 Å². The smallest absolute Gasteiger partial charge is 0.142 e. The summed E-state index contributed by atoms with van der Waals surface area (Å²) in [6.45, 7) is 0.918. The fraction of sp³-hybridized carbons (Fsp3) is 0.333. The van der Waals surface area contributed by atoms with Gasteiger partial charge in [0, 0.05) is 6.54 Å². The topological polar surface area (TPSA) is 41.5 Å². The number of aliphatic hydroxyl groups excluding tert-OH is 1. The Morgan fingerprint density at radius 1 is 1.42 bits per heavy atom. The number of benzene rings is 1. The highest BCUT2D eigenvalue weighted by molar-refractivity contribution is 5.56. The van der Waals surface area contributed by atoms with Crippen molar-refractivity contribution >= 4 is 5.69 Å². The van der Waals surface area contributed by atoms with E-state index in [1.54, 1.807) is 0 Å². The molecule has 64 valence electrons. The minimum Gasteiger partial charge on any atom is -0.489 e. The Morgan fingerprint density at radius 2 is 2.25 bits per heavy atom. The Morgan fingerprint density at radius 3 is 3.17 bits per heavy atom. The lowest BCUT2D eigenvalue weighted by atomic mass is 10.3. The van der Waals surface area contributed by atoms with Crippen LogP contribution in [0.4, 0.5) is 5.69 Å². The predicted octanol–water partition coefficient (Wildman–Crippen LogP) is 0.852. The van der Waals surface area contributed by atoms with Crippen LogP contribution in [0.2, 0.25) is 0 Å². The number of β-amino-alcohol motifs (C(OH)–C–C–N with tert-alkyl or cyclic N) is 1. The third-order valence-corrected chi connectivity index (χ3v) is 1.85. The van der Waals surface area contributed by atoms with E-state index in [4.69, 9.17) is 4.74 Å². The van der Waals surface area contributed by atoms with Crippen LogP contribution < -0.4 is 10.1 Å². The fourth-order valence-electron chi connectivity index (χ4n) is 1.21. The van der Waals surface area contributed by atoms with Crippen LogP contribution >= 0.6 is 0 Å². The maximum atomic E-state index is 9.27. The second kappa shape index (κ2) is 3.03. The van der Waals surface area contributed by atoms with Crippen molar-refractivity contribution in [2.24, 2.45) is 0 Å². The van der Waals surface area contributed by atoms with Gasteiger partial charge in [-0.1, -0.05) is 12.1 Å². The Balaban J connectivity index is 2.26. The monoisotopic (exact) mass is 165 g/mol. The maximum absolute atomic E-state index is 9.27. The van der Waals surface area contributed by atoms with E-state index in [-0.39, 0.29) is 0 Å². The maximum Gasteiger partial charge on any atom is 0.142 e. The van der Waals surface area contributed by atoms with Gasteiger partial charge in [-0.3, -0.25) is 0 Å². The average Bonchev–Trinajstić information content (AvgIpc) is 2.29. The van der Waals surface area contributed by atoms with Gasteiger partial charge in [-0.05, 0) is 12.1 Å². The fourth-order valence-corrected chi connectivity index (χ4v) is 1.21. The van der Waals surface area contributed by atoms with Gasteiger partial charge in [0.15, 0.2) is 0 Å². The molecule has 1 aromatic rings. The van der Waals surface area contributed by atoms with E-state index in [9.17, 15) is 5.11 Å². The summed E-state index contributed by atoms with van der Waals surface area (Å²) in [7, 11) is 0. The van der Waals surface area contributed by atoms with Crippen LogP contribution in [0, 0.1) is 0 Å². The number of aliphatic hydroxyl groups is 1. The standard InChI is InChI=1S/C9H11NO2/c11-7-5-10-8-3-1-2-4-9(8)12-6-7/h1-4,7,10-11H,5-6H2. The molecule has 0 aromatic heterocycles. The first-order valence-electron chi connectivity index (χ1n) is 4.00. The molecule has 12 heavy (non-hydrogen) atoms. The molecule has 0 fully saturated rings. The SMILES string of the molecule is OC1CNc2ccccc2OC1. The number of rotatable bonds is 0. The number of hydrogen-bond donors (Lipinski definition) is 2. The van der Waals surface area contributed by atoms with Gasteiger partial charge in [-0.2, -0.15) is 0 Å². The second-order valence-electron chi connectivity index (χ2n) is 2.84. The molecule has 2 rings (SSSR count). The largest absolute Gasteiger partial charge is 0.489 e. The lowest BCUT2D eigenvalue weighted by molar-refractivity contribution is 0.122. The van der Waals surface area contributed by atoms with E-state index in [2.05, 4.69) is 5.32 Å². The van der Waals surface area contributed by atoms with Gasteiger partial charge in [0.2, 0.25) is 0 Å². The second-order valence-corrected chi connectivity index (χ2v) is 2.84. The summed E-state index contributed by atoms with van der Waals surface area (Å²) in [5, 5.41) is 12.4. The van der Waals surface area contributed by atoms with Gasteiger partial charge in [0.1, 0.15) is 18.5 Å². The van der Waals surface area contributed by atoms with E-state index in [0.717, 1.165) is 11.4 Å². The van der Waals surface area contributed by atoms with E-state index in [1.165, 1.54) is 0 Å². The highest BCUT2D eigenvalue weighted by Gasteiger charge is 2.12. The number of nitrogens with one attached hydrogen (secondary N) is 1. The molecule has 2 N–H and O–H groups in total. The summed E-state index contributed by atoms with van der Waals surface area (Å²) in [5.41, 5.74) is 0.953. The number of hydrogen-bond acceptors (Lipinski definition) is 3. The predicted molar refractivity (Wildman–Crippen MR) is 46.4 cm³/mol. The lowest BCUT2D eigenvalue weighted by Crippen LogP contribution is -2.22. The quantitative estimate of drug-likeness (QED) is 0.599. The van der Waals surface area contributed by atoms with Crippen molar-refractivity contribution in [1.29, 1.82) is 0 Å². The van der Waals surface area contributed by atoms with Crippen LogP contribution in [-0.4, -0.2) is 24.4 Å². The van der Waals surface area contributed by atoms with E-state index in [0.29, 0.717) is 13.2 Å². The summed E-state index contributed by atoms with van der Waals surface area (Å²) in [5.74, 6) is 0.814. The first-order valence-corrected chi connectivity index (χ1v) is 4.00. The van der Waals surface area contributed by atoms with Crippen LogP contribution in [0.25, 0.3) is 0 Å². The average molecular weight is 165 g/mol. The number of para-hydroxylation sites is 2. The van der Waals surface area contributed by atoms with Crippen LogP contribution in [0.5, 0.6) is 5.75 Å². The van der Waals surface area contributed by atoms with Crippen molar-refractivity contribution in [3.8, 4) is 5.75 Å². The summed E-state index contributed by atoms with van der Waals surface area (Å²) < 4.78 is 5.35. The third kappa shape index (κ3) is 1.36. The number of anilines is 1. The molecule has 0 saturated heterocycles. The molecule has 0 radical (unpaired) electrons. The summed E-state index contributed by atoms with van der Waals surface area (Å²) in [4.78, 5) is 0. The van der Waals surface area contributed by atoms with Crippen LogP contribution in [0.1, 0.15) is 0 Å². The van der Waals surface area contributed by atoms with Gasteiger partial charge >= 0.3 is 0 Å². The summed E-state index contributed by atoms with van der Waals surface area (Å²) in [6, 6.07) is 7.68. The molecule has 0 aliphatic carbocycles. The van der Waals surface area contributed by atoms with Crippen LogP contribution in [0.3, 0.4) is 0 Å². The molecule has 1 atom stereocenters. The highest BCUT2D eigenvalue weighted by atomic mass is 16.5. The molecule has 1 aromatic carbocycles. The molecule has 0 saturated carbocycles. The van der Waals surface area contributed by atoms with Gasteiger partial charge in [0.25, 0.3) is 0 Å². The molecule has 1 aliphatic rings. The van der Waals surface area contributed by atoms with Crippen molar-refractivity contribution in [1.82, 2.24) is 0 Å². The van der Waals surface area contributed by atoms with Gasteiger partial charge in [-0.25, -0.2) is 0 Å². The van der Waals surface area contributed by atoms with E-state index in [1.807, 2.05) is 24.3 Å². The Bertz CT molecular complexity index is 248. The van der Waals surface area contributed by atoms with E-state index < -0.39 is 6.10 Å². The number of fused-ring (bicyclic) bond motifs is 1. The zero-order chi connectivity index (χ0) is 8.39. The van der Waals surface area contributed by atoms with Crippen LogP contribution in [-0.2, 0) is 0 Å². The van der Waals surface area contributed by atoms with Gasteiger partial charge in [0.05, 0.1) is 5.69 Å². The van der Waals surface area contributed by atoms with E-state index >= 15 is 0 Å². The molecular weight excluding hydrogens is 154 g/mol. The first kappa shape index (κ1) is 7.43. The van der Waals surface area contributed by atoms with Crippen molar-refractivity contribution in [2.45, 2.75) is 6.10 Å². The molecular formula is C9H11NO2. The Labute approximate surface area is 71.0 Å². The first-order chi connectivity index (χ1) is 5.86. The van der Waals surface area contributed by atoms with Crippen molar-refractivity contribution in [2.75, 3.05) is 18.5 Å². The van der Waals surface area contributed by atoms with Gasteiger partial charge < -0.3 is 15.2 Å². The Hall–Kier alpha value is -1.22. The molecule has 1 unspecified atom stereocenters. The highest BCUT2D eigenvalue weighted by Crippen LogP contribution is 2.25. The zero-order valence-electron chi connectivity index (χ0n) is 6.66. The Kier molecular flexibility index (Phi) is 1.87. The summed E-state index contributed by atoms with van der Waals surface area (Å²) in [6.07, 6.45) is -0.419. The molecule has 1 heterocycles. The molecule has 0 spiro atoms. The van der Waals surface area contributed by atoms with Crippen molar-refractivity contribution in [3.05, 3.63) is 24.3 Å². The minimum absolute atomic E-state index is 0.365. The number of ether oxygens (including phenoxy) is 1. The molecule has 1 aliphatic heterocycles. The van der Waals surface area contributed by atoms with Crippen molar-refractivity contribution in [3.63, 3.8) is 0 Å².